The Morgan fingerprint density at radius 2 is 1.85 bits per heavy atom. The molecule has 7 heteroatoms. The summed E-state index contributed by atoms with van der Waals surface area (Å²) in [6, 6.07) is 13.2. The fourth-order valence-corrected chi connectivity index (χ4v) is 3.41. The molecule has 0 atom stereocenters. The lowest BCUT2D eigenvalue weighted by Gasteiger charge is -2.31. The monoisotopic (exact) mass is 349 g/mol. The molecule has 3 aromatic rings. The van der Waals surface area contributed by atoms with Crippen LogP contribution in [0.3, 0.4) is 0 Å². The van der Waals surface area contributed by atoms with Gasteiger partial charge in [0, 0.05) is 30.1 Å². The number of hydrogen-bond donors (Lipinski definition) is 2. The van der Waals surface area contributed by atoms with E-state index < -0.39 is 5.91 Å². The number of piperidine rings is 1. The molecular formula is C19H19N5O2. The van der Waals surface area contributed by atoms with E-state index in [0.29, 0.717) is 18.8 Å². The normalized spacial score (nSPS) is 15.3. The number of pyridine rings is 1. The summed E-state index contributed by atoms with van der Waals surface area (Å²) in [6.45, 7) is 1.28. The van der Waals surface area contributed by atoms with Gasteiger partial charge < -0.3 is 10.6 Å². The lowest BCUT2D eigenvalue weighted by atomic mass is 9.93. The van der Waals surface area contributed by atoms with Crippen LogP contribution >= 0.6 is 0 Å². The zero-order valence-electron chi connectivity index (χ0n) is 14.2. The van der Waals surface area contributed by atoms with E-state index in [1.807, 2.05) is 35.2 Å². The van der Waals surface area contributed by atoms with E-state index in [0.717, 1.165) is 29.4 Å². The van der Waals surface area contributed by atoms with Gasteiger partial charge in [0.15, 0.2) is 0 Å². The third-order valence-electron chi connectivity index (χ3n) is 4.89. The Morgan fingerprint density at radius 3 is 2.58 bits per heavy atom. The summed E-state index contributed by atoms with van der Waals surface area (Å²) in [4.78, 5) is 30.3. The number of H-pyrrole nitrogens is 1. The highest BCUT2D eigenvalue weighted by atomic mass is 16.2. The molecule has 3 N–H and O–H groups in total. The molecule has 0 unspecified atom stereocenters. The first-order chi connectivity index (χ1) is 12.6. The minimum atomic E-state index is -0.539. The van der Waals surface area contributed by atoms with Crippen LogP contribution in [-0.4, -0.2) is 45.0 Å². The quantitative estimate of drug-likeness (QED) is 0.755. The van der Waals surface area contributed by atoms with Gasteiger partial charge in [-0.1, -0.05) is 24.3 Å². The molecule has 1 aliphatic heterocycles. The van der Waals surface area contributed by atoms with Crippen LogP contribution in [0.4, 0.5) is 0 Å². The Morgan fingerprint density at radius 1 is 1.08 bits per heavy atom. The predicted molar refractivity (Wildman–Crippen MR) is 96.7 cm³/mol. The number of carbonyl (C=O) groups is 2. The van der Waals surface area contributed by atoms with Crippen LogP contribution in [0.25, 0.3) is 10.9 Å². The molecule has 0 bridgehead atoms. The van der Waals surface area contributed by atoms with E-state index >= 15 is 0 Å². The fraction of sp³-hybridized carbons (Fsp3) is 0.263. The molecule has 1 aliphatic rings. The molecule has 0 aliphatic carbocycles. The molecule has 132 valence electrons. The van der Waals surface area contributed by atoms with Gasteiger partial charge in [-0.2, -0.15) is 5.10 Å². The number of carbonyl (C=O) groups excluding carboxylic acids is 2. The summed E-state index contributed by atoms with van der Waals surface area (Å²) in [5, 5.41) is 7.84. The Labute approximate surface area is 150 Å². The van der Waals surface area contributed by atoms with E-state index in [2.05, 4.69) is 15.2 Å². The van der Waals surface area contributed by atoms with Crippen molar-refractivity contribution in [3.8, 4) is 0 Å². The van der Waals surface area contributed by atoms with Crippen LogP contribution in [0.1, 0.15) is 45.4 Å². The number of hydrogen-bond acceptors (Lipinski definition) is 4. The summed E-state index contributed by atoms with van der Waals surface area (Å²) in [7, 11) is 0. The third-order valence-corrected chi connectivity index (χ3v) is 4.89. The molecule has 1 fully saturated rings. The van der Waals surface area contributed by atoms with Crippen LogP contribution in [-0.2, 0) is 0 Å². The van der Waals surface area contributed by atoms with Gasteiger partial charge in [-0.3, -0.25) is 14.7 Å². The highest BCUT2D eigenvalue weighted by Crippen LogP contribution is 2.27. The number of primary amides is 1. The summed E-state index contributed by atoms with van der Waals surface area (Å²) in [6.07, 6.45) is 1.61. The minimum Gasteiger partial charge on any atom is -0.364 e. The molecule has 0 radical (unpaired) electrons. The Bertz CT molecular complexity index is 973. The molecule has 1 saturated heterocycles. The average Bonchev–Trinajstić information content (AvgIpc) is 3.18. The molecule has 2 amide bonds. The van der Waals surface area contributed by atoms with Gasteiger partial charge in [0.25, 0.3) is 11.8 Å². The second-order valence-corrected chi connectivity index (χ2v) is 6.53. The SMILES string of the molecule is NC(=O)c1cc(C2CCN(C(=O)c3ccc4ccccc4n3)CC2)[nH]n1. The number of amides is 2. The van der Waals surface area contributed by atoms with Crippen molar-refractivity contribution in [2.45, 2.75) is 18.8 Å². The van der Waals surface area contributed by atoms with Crippen molar-refractivity contribution in [1.29, 1.82) is 0 Å². The Balaban J connectivity index is 1.44. The molecule has 0 saturated carbocycles. The van der Waals surface area contributed by atoms with Crippen molar-refractivity contribution in [2.24, 2.45) is 5.73 Å². The molecule has 7 nitrogen and oxygen atoms in total. The summed E-state index contributed by atoms with van der Waals surface area (Å²) >= 11 is 0. The second-order valence-electron chi connectivity index (χ2n) is 6.53. The topological polar surface area (TPSA) is 105 Å². The van der Waals surface area contributed by atoms with Crippen molar-refractivity contribution < 1.29 is 9.59 Å². The molecule has 1 aromatic carbocycles. The number of para-hydroxylation sites is 1. The van der Waals surface area contributed by atoms with E-state index in [1.165, 1.54) is 0 Å². The number of likely N-dealkylation sites (tertiary alicyclic amines) is 1. The maximum Gasteiger partial charge on any atom is 0.272 e. The Hall–Kier alpha value is -3.22. The van der Waals surface area contributed by atoms with Gasteiger partial charge in [-0.15, -0.1) is 0 Å². The van der Waals surface area contributed by atoms with Gasteiger partial charge in [0.1, 0.15) is 11.4 Å². The summed E-state index contributed by atoms with van der Waals surface area (Å²) in [5.41, 5.74) is 7.68. The fourth-order valence-electron chi connectivity index (χ4n) is 3.41. The highest BCUT2D eigenvalue weighted by Gasteiger charge is 2.26. The summed E-state index contributed by atoms with van der Waals surface area (Å²) in [5.74, 6) is -0.344. The van der Waals surface area contributed by atoms with Crippen LogP contribution in [0.15, 0.2) is 42.5 Å². The molecule has 4 rings (SSSR count). The minimum absolute atomic E-state index is 0.0448. The lowest BCUT2D eigenvalue weighted by Crippen LogP contribution is -2.38. The zero-order chi connectivity index (χ0) is 18.1. The van der Waals surface area contributed by atoms with Crippen molar-refractivity contribution in [2.75, 3.05) is 13.1 Å². The van der Waals surface area contributed by atoms with E-state index in [1.54, 1.807) is 12.1 Å². The van der Waals surface area contributed by atoms with Crippen molar-refractivity contribution in [3.05, 3.63) is 59.5 Å². The van der Waals surface area contributed by atoms with Gasteiger partial charge >= 0.3 is 0 Å². The van der Waals surface area contributed by atoms with E-state index in [-0.39, 0.29) is 17.5 Å². The number of nitrogens with zero attached hydrogens (tertiary/aromatic N) is 3. The van der Waals surface area contributed by atoms with Crippen LogP contribution in [0, 0.1) is 0 Å². The van der Waals surface area contributed by atoms with Crippen molar-refractivity contribution >= 4 is 22.7 Å². The Kier molecular flexibility index (Phi) is 4.12. The zero-order valence-corrected chi connectivity index (χ0v) is 14.2. The number of fused-ring (bicyclic) bond motifs is 1. The van der Waals surface area contributed by atoms with Gasteiger partial charge in [0.2, 0.25) is 0 Å². The molecule has 0 spiro atoms. The molecular weight excluding hydrogens is 330 g/mol. The van der Waals surface area contributed by atoms with Crippen LogP contribution in [0.2, 0.25) is 0 Å². The van der Waals surface area contributed by atoms with E-state index in [9.17, 15) is 9.59 Å². The predicted octanol–water partition coefficient (Wildman–Crippen LogP) is 2.08. The third kappa shape index (κ3) is 3.03. The van der Waals surface area contributed by atoms with Crippen molar-refractivity contribution in [1.82, 2.24) is 20.1 Å². The number of nitrogens with one attached hydrogen (secondary N) is 1. The largest absolute Gasteiger partial charge is 0.364 e. The molecule has 3 heterocycles. The molecule has 26 heavy (non-hydrogen) atoms. The van der Waals surface area contributed by atoms with E-state index in [4.69, 9.17) is 5.73 Å². The first-order valence-corrected chi connectivity index (χ1v) is 8.62. The van der Waals surface area contributed by atoms with Gasteiger partial charge in [0.05, 0.1) is 5.52 Å². The maximum atomic E-state index is 12.8. The first kappa shape index (κ1) is 16.3. The summed E-state index contributed by atoms with van der Waals surface area (Å²) < 4.78 is 0. The standard InChI is InChI=1S/C19H19N5O2/c20-18(25)17-11-16(22-23-17)13-7-9-24(10-8-13)19(26)15-6-5-12-3-1-2-4-14(12)21-15/h1-6,11,13H,7-10H2,(H2,20,25)(H,22,23). The van der Waals surface area contributed by atoms with Gasteiger partial charge in [-0.25, -0.2) is 4.98 Å². The first-order valence-electron chi connectivity index (χ1n) is 8.62. The number of aromatic amines is 1. The van der Waals surface area contributed by atoms with Gasteiger partial charge in [-0.05, 0) is 31.0 Å². The number of rotatable bonds is 3. The second kappa shape index (κ2) is 6.59. The average molecular weight is 349 g/mol. The number of benzene rings is 1. The van der Waals surface area contributed by atoms with Crippen LogP contribution in [0.5, 0.6) is 0 Å². The maximum absolute atomic E-state index is 12.8. The molecule has 2 aromatic heterocycles. The lowest BCUT2D eigenvalue weighted by molar-refractivity contribution is 0.0706. The highest BCUT2D eigenvalue weighted by molar-refractivity contribution is 5.95. The van der Waals surface area contributed by atoms with Crippen LogP contribution < -0.4 is 5.73 Å². The smallest absolute Gasteiger partial charge is 0.272 e. The number of nitrogens with two attached hydrogens (primary N) is 1. The number of aromatic nitrogens is 3. The van der Waals surface area contributed by atoms with Crippen molar-refractivity contribution in [3.63, 3.8) is 0 Å².